The predicted molar refractivity (Wildman–Crippen MR) is 156 cm³/mol. The van der Waals surface area contributed by atoms with Gasteiger partial charge in [0.05, 0.1) is 12.8 Å². The second kappa shape index (κ2) is 12.0. The van der Waals surface area contributed by atoms with Crippen molar-refractivity contribution in [1.29, 1.82) is 0 Å². The Bertz CT molecular complexity index is 1410. The minimum atomic E-state index is -1.18. The highest BCUT2D eigenvalue weighted by Crippen LogP contribution is 2.31. The highest BCUT2D eigenvalue weighted by Gasteiger charge is 2.35. The molecule has 1 N–H and O–H groups in total. The number of aromatic nitrogens is 2. The van der Waals surface area contributed by atoms with Gasteiger partial charge in [0.25, 0.3) is 5.91 Å². The SMILES string of the molecule is COc1ccc(-n2nc(C(=O)O)c3c2C(=O)N(c2ccc(N(CCCN(C)C)C(=O)OC(C)(C)C)cc2)CC3)cc1. The number of carboxylic acids is 1. The summed E-state index contributed by atoms with van der Waals surface area (Å²) in [7, 11) is 5.51. The molecule has 2 aromatic carbocycles. The minimum Gasteiger partial charge on any atom is -0.497 e. The van der Waals surface area contributed by atoms with Crippen LogP contribution >= 0.6 is 0 Å². The molecule has 0 fully saturated rings. The molecule has 0 spiro atoms. The van der Waals surface area contributed by atoms with E-state index in [1.54, 1.807) is 65.4 Å². The van der Waals surface area contributed by atoms with Gasteiger partial charge in [-0.25, -0.2) is 14.3 Å². The number of nitrogens with zero attached hydrogens (tertiary/aromatic N) is 5. The molecular formula is C30H37N5O6. The van der Waals surface area contributed by atoms with Crippen LogP contribution in [-0.4, -0.2) is 84.2 Å². The lowest BCUT2D eigenvalue weighted by Crippen LogP contribution is -2.39. The first-order valence-electron chi connectivity index (χ1n) is 13.5. The zero-order valence-corrected chi connectivity index (χ0v) is 24.4. The Morgan fingerprint density at radius 1 is 1.00 bits per heavy atom. The summed E-state index contributed by atoms with van der Waals surface area (Å²) in [6.07, 6.45) is 0.643. The molecule has 0 bridgehead atoms. The highest BCUT2D eigenvalue weighted by atomic mass is 16.6. The lowest BCUT2D eigenvalue weighted by Gasteiger charge is -2.30. The molecule has 1 aromatic heterocycles. The second-order valence-electron chi connectivity index (χ2n) is 11.1. The van der Waals surface area contributed by atoms with Crippen molar-refractivity contribution in [2.24, 2.45) is 0 Å². The highest BCUT2D eigenvalue weighted by molar-refractivity contribution is 6.09. The molecule has 2 amide bonds. The molecule has 0 radical (unpaired) electrons. The maximum absolute atomic E-state index is 13.8. The molecule has 0 aliphatic carbocycles. The van der Waals surface area contributed by atoms with Crippen molar-refractivity contribution in [3.63, 3.8) is 0 Å². The van der Waals surface area contributed by atoms with Gasteiger partial charge in [0.15, 0.2) is 5.69 Å². The van der Waals surface area contributed by atoms with E-state index in [4.69, 9.17) is 9.47 Å². The summed E-state index contributed by atoms with van der Waals surface area (Å²) in [4.78, 5) is 44.1. The fourth-order valence-electron chi connectivity index (χ4n) is 4.69. The summed E-state index contributed by atoms with van der Waals surface area (Å²) in [6.45, 7) is 7.05. The van der Waals surface area contributed by atoms with Gasteiger partial charge in [-0.1, -0.05) is 0 Å². The summed E-state index contributed by atoms with van der Waals surface area (Å²) in [5.74, 6) is -0.913. The Morgan fingerprint density at radius 3 is 2.20 bits per heavy atom. The Kier molecular flexibility index (Phi) is 8.67. The third kappa shape index (κ3) is 6.68. The molecule has 218 valence electrons. The van der Waals surface area contributed by atoms with Gasteiger partial charge in [-0.3, -0.25) is 9.69 Å². The molecule has 11 heteroatoms. The normalized spacial score (nSPS) is 13.2. The van der Waals surface area contributed by atoms with Gasteiger partial charge >= 0.3 is 12.1 Å². The molecule has 11 nitrogen and oxygen atoms in total. The van der Waals surface area contributed by atoms with E-state index < -0.39 is 17.7 Å². The number of hydrogen-bond donors (Lipinski definition) is 1. The number of amides is 2. The zero-order chi connectivity index (χ0) is 29.9. The number of ether oxygens (including phenoxy) is 2. The van der Waals surface area contributed by atoms with Crippen molar-refractivity contribution < 1.29 is 29.0 Å². The van der Waals surface area contributed by atoms with E-state index in [1.807, 2.05) is 34.9 Å². The largest absolute Gasteiger partial charge is 0.497 e. The van der Waals surface area contributed by atoms with E-state index in [0.29, 0.717) is 47.9 Å². The van der Waals surface area contributed by atoms with Crippen LogP contribution in [0.4, 0.5) is 16.2 Å². The lowest BCUT2D eigenvalue weighted by molar-refractivity contribution is 0.0578. The van der Waals surface area contributed by atoms with Crippen LogP contribution in [-0.2, 0) is 11.2 Å². The van der Waals surface area contributed by atoms with Crippen LogP contribution in [0.3, 0.4) is 0 Å². The summed E-state index contributed by atoms with van der Waals surface area (Å²) in [5, 5.41) is 14.1. The third-order valence-electron chi connectivity index (χ3n) is 6.61. The number of carboxylic acid groups (broad SMARTS) is 1. The van der Waals surface area contributed by atoms with Crippen LogP contribution in [0.5, 0.6) is 5.75 Å². The molecule has 1 aliphatic rings. The van der Waals surface area contributed by atoms with E-state index in [-0.39, 0.29) is 17.3 Å². The first-order valence-corrected chi connectivity index (χ1v) is 13.5. The smallest absolute Gasteiger partial charge is 0.414 e. The quantitative estimate of drug-likeness (QED) is 0.405. The molecular weight excluding hydrogens is 526 g/mol. The first-order chi connectivity index (χ1) is 19.4. The van der Waals surface area contributed by atoms with Crippen LogP contribution < -0.4 is 14.5 Å². The lowest BCUT2D eigenvalue weighted by atomic mass is 10.0. The maximum Gasteiger partial charge on any atom is 0.414 e. The van der Waals surface area contributed by atoms with Crippen molar-refractivity contribution in [1.82, 2.24) is 14.7 Å². The summed E-state index contributed by atoms with van der Waals surface area (Å²) < 4.78 is 12.3. The predicted octanol–water partition coefficient (Wildman–Crippen LogP) is 4.48. The molecule has 0 atom stereocenters. The second-order valence-corrected chi connectivity index (χ2v) is 11.1. The van der Waals surface area contributed by atoms with Gasteiger partial charge in [0.2, 0.25) is 0 Å². The van der Waals surface area contributed by atoms with E-state index in [2.05, 4.69) is 10.00 Å². The average Bonchev–Trinajstić information content (AvgIpc) is 3.31. The van der Waals surface area contributed by atoms with Crippen LogP contribution in [0.1, 0.15) is 53.7 Å². The van der Waals surface area contributed by atoms with Gasteiger partial charge < -0.3 is 24.4 Å². The number of hydrogen-bond acceptors (Lipinski definition) is 7. The maximum atomic E-state index is 13.8. The number of rotatable bonds is 9. The van der Waals surface area contributed by atoms with Crippen LogP contribution in [0.2, 0.25) is 0 Å². The topological polar surface area (TPSA) is 117 Å². The van der Waals surface area contributed by atoms with Crippen LogP contribution in [0, 0.1) is 0 Å². The fraction of sp³-hybridized carbons (Fsp3) is 0.400. The number of methoxy groups -OCH3 is 1. The molecule has 41 heavy (non-hydrogen) atoms. The van der Waals surface area contributed by atoms with Crippen molar-refractivity contribution in [3.8, 4) is 11.4 Å². The number of fused-ring (bicyclic) bond motifs is 1. The summed E-state index contributed by atoms with van der Waals surface area (Å²) in [6, 6.07) is 14.1. The molecule has 4 rings (SSSR count). The number of anilines is 2. The van der Waals surface area contributed by atoms with E-state index in [1.165, 1.54) is 4.68 Å². The Morgan fingerprint density at radius 2 is 1.63 bits per heavy atom. The number of aromatic carboxylic acids is 1. The van der Waals surface area contributed by atoms with Crippen LogP contribution in [0.25, 0.3) is 5.69 Å². The number of carbonyl (C=O) groups is 3. The Balaban J connectivity index is 1.64. The molecule has 0 saturated carbocycles. The van der Waals surface area contributed by atoms with Gasteiger partial charge in [-0.05, 0) is 103 Å². The van der Waals surface area contributed by atoms with Gasteiger partial charge in [0, 0.05) is 30.0 Å². The number of benzene rings is 2. The zero-order valence-electron chi connectivity index (χ0n) is 24.4. The number of carbonyl (C=O) groups excluding carboxylic acids is 2. The van der Waals surface area contributed by atoms with E-state index in [0.717, 1.165) is 13.0 Å². The van der Waals surface area contributed by atoms with Crippen molar-refractivity contribution in [2.75, 3.05) is 50.6 Å². The van der Waals surface area contributed by atoms with E-state index >= 15 is 0 Å². The van der Waals surface area contributed by atoms with Gasteiger partial charge in [-0.2, -0.15) is 5.10 Å². The molecule has 3 aromatic rings. The minimum absolute atomic E-state index is 0.134. The summed E-state index contributed by atoms with van der Waals surface area (Å²) in [5.41, 5.74) is 1.67. The Hall–Kier alpha value is -4.38. The van der Waals surface area contributed by atoms with Gasteiger partial charge in [0.1, 0.15) is 17.0 Å². The van der Waals surface area contributed by atoms with Crippen molar-refractivity contribution >= 4 is 29.3 Å². The monoisotopic (exact) mass is 563 g/mol. The Labute approximate surface area is 239 Å². The first kappa shape index (κ1) is 29.6. The fourth-order valence-corrected chi connectivity index (χ4v) is 4.69. The van der Waals surface area contributed by atoms with Crippen molar-refractivity contribution in [2.45, 2.75) is 39.2 Å². The van der Waals surface area contributed by atoms with Gasteiger partial charge in [-0.15, -0.1) is 0 Å². The standard InChI is InChI=1S/C30H37N5O6/c1-30(2,3)41-29(39)34(18-7-17-32(4)5)21-10-8-20(9-11-21)33-19-16-24-25(28(37)38)31-35(26(24)27(33)36)22-12-14-23(40-6)15-13-22/h8-15H,7,16-19H2,1-6H3,(H,37,38). The molecule has 1 aliphatic heterocycles. The van der Waals surface area contributed by atoms with Crippen LogP contribution in [0.15, 0.2) is 48.5 Å². The average molecular weight is 564 g/mol. The summed E-state index contributed by atoms with van der Waals surface area (Å²) >= 11 is 0. The molecule has 2 heterocycles. The van der Waals surface area contributed by atoms with E-state index in [9.17, 15) is 19.5 Å². The third-order valence-corrected chi connectivity index (χ3v) is 6.61. The molecule has 0 saturated heterocycles. The van der Waals surface area contributed by atoms with Crippen molar-refractivity contribution in [3.05, 3.63) is 65.5 Å². The molecule has 0 unspecified atom stereocenters.